The largest absolute Gasteiger partial charge is 0.381 e. The van der Waals surface area contributed by atoms with Gasteiger partial charge in [0.25, 0.3) is 0 Å². The van der Waals surface area contributed by atoms with Crippen LogP contribution in [0.4, 0.5) is 17.1 Å². The predicted octanol–water partition coefficient (Wildman–Crippen LogP) is 1.95. The number of nitrogens with zero attached hydrogens (tertiary/aromatic N) is 3. The molecule has 8 heteroatoms. The lowest BCUT2D eigenvalue weighted by atomic mass is 10.1. The molecule has 1 aromatic rings. The highest BCUT2D eigenvalue weighted by Crippen LogP contribution is 2.35. The third-order valence-electron chi connectivity index (χ3n) is 2.57. The minimum absolute atomic E-state index is 0.0409. The minimum atomic E-state index is -0.861. The Kier molecular flexibility index (Phi) is 2.81. The van der Waals surface area contributed by atoms with Crippen molar-refractivity contribution in [1.82, 2.24) is 0 Å². The van der Waals surface area contributed by atoms with Gasteiger partial charge in [0.1, 0.15) is 6.07 Å². The Morgan fingerprint density at radius 1 is 1.22 bits per heavy atom. The van der Waals surface area contributed by atoms with Crippen molar-refractivity contribution in [2.24, 2.45) is 0 Å². The van der Waals surface area contributed by atoms with E-state index in [0.717, 1.165) is 25.0 Å². The van der Waals surface area contributed by atoms with Gasteiger partial charge in [-0.05, 0) is 12.8 Å². The number of rotatable bonds is 4. The van der Waals surface area contributed by atoms with Crippen molar-refractivity contribution >= 4 is 17.1 Å². The zero-order valence-electron chi connectivity index (χ0n) is 9.12. The monoisotopic (exact) mass is 248 g/mol. The van der Waals surface area contributed by atoms with Gasteiger partial charge in [0.15, 0.2) is 0 Å². The summed E-state index contributed by atoms with van der Waals surface area (Å²) in [6.45, 7) is 0. The van der Waals surface area contributed by atoms with Crippen LogP contribution in [-0.2, 0) is 0 Å². The highest BCUT2D eigenvalue weighted by atomic mass is 16.6. The molecule has 18 heavy (non-hydrogen) atoms. The molecule has 1 fully saturated rings. The Labute approximate surface area is 101 Å². The summed E-state index contributed by atoms with van der Waals surface area (Å²) < 4.78 is 0. The first-order valence-corrected chi connectivity index (χ1v) is 5.16. The lowest BCUT2D eigenvalue weighted by Gasteiger charge is -2.06. The first-order chi connectivity index (χ1) is 8.52. The van der Waals surface area contributed by atoms with E-state index in [1.54, 1.807) is 6.07 Å². The first-order valence-electron chi connectivity index (χ1n) is 5.16. The Hall–Kier alpha value is -2.69. The molecular weight excluding hydrogens is 240 g/mol. The number of nitro groups is 2. The molecule has 0 radical (unpaired) electrons. The maximum atomic E-state index is 10.8. The Morgan fingerprint density at radius 3 is 2.22 bits per heavy atom. The van der Waals surface area contributed by atoms with Crippen LogP contribution in [-0.4, -0.2) is 15.9 Å². The average Bonchev–Trinajstić information content (AvgIpc) is 3.12. The molecule has 1 aliphatic carbocycles. The molecule has 2 rings (SSSR count). The van der Waals surface area contributed by atoms with E-state index in [1.807, 2.05) is 0 Å². The van der Waals surface area contributed by atoms with Crippen molar-refractivity contribution in [2.45, 2.75) is 18.9 Å². The van der Waals surface area contributed by atoms with Crippen molar-refractivity contribution in [3.63, 3.8) is 0 Å². The van der Waals surface area contributed by atoms with Crippen LogP contribution in [0.15, 0.2) is 12.1 Å². The summed E-state index contributed by atoms with van der Waals surface area (Å²) in [5, 5.41) is 33.3. The van der Waals surface area contributed by atoms with E-state index in [2.05, 4.69) is 5.32 Å². The zero-order valence-corrected chi connectivity index (χ0v) is 9.12. The van der Waals surface area contributed by atoms with E-state index in [0.29, 0.717) is 0 Å². The number of anilines is 1. The predicted molar refractivity (Wildman–Crippen MR) is 61.1 cm³/mol. The molecule has 0 unspecified atom stereocenters. The van der Waals surface area contributed by atoms with E-state index < -0.39 is 21.2 Å². The fraction of sp³-hybridized carbons (Fsp3) is 0.300. The number of nitriles is 1. The normalized spacial score (nSPS) is 13.7. The number of nitro benzene ring substituents is 2. The third-order valence-corrected chi connectivity index (χ3v) is 2.57. The van der Waals surface area contributed by atoms with Crippen molar-refractivity contribution in [1.29, 1.82) is 5.26 Å². The van der Waals surface area contributed by atoms with Gasteiger partial charge in [-0.25, -0.2) is 0 Å². The summed E-state index contributed by atoms with van der Waals surface area (Å²) in [4.78, 5) is 19.8. The summed E-state index contributed by atoms with van der Waals surface area (Å²) in [5.41, 5.74) is -0.962. The van der Waals surface area contributed by atoms with Crippen molar-refractivity contribution < 1.29 is 9.85 Å². The van der Waals surface area contributed by atoms with E-state index in [1.165, 1.54) is 0 Å². The van der Waals surface area contributed by atoms with Crippen LogP contribution in [0.1, 0.15) is 18.4 Å². The molecule has 0 atom stereocenters. The molecule has 0 heterocycles. The topological polar surface area (TPSA) is 122 Å². The number of hydrogen-bond donors (Lipinski definition) is 1. The molecular formula is C10H8N4O4. The summed E-state index contributed by atoms with van der Waals surface area (Å²) in [7, 11) is 0. The van der Waals surface area contributed by atoms with Crippen LogP contribution in [0.25, 0.3) is 0 Å². The standard InChI is InChI=1S/C10H8N4O4/c11-5-6-3-9(13(15)16)10(14(17)18)4-8(6)12-7-1-2-7/h3-4,7,12H,1-2H2. The lowest BCUT2D eigenvalue weighted by Crippen LogP contribution is -2.05. The zero-order chi connectivity index (χ0) is 13.3. The third kappa shape index (κ3) is 2.20. The van der Waals surface area contributed by atoms with Gasteiger partial charge in [0.2, 0.25) is 0 Å². The highest BCUT2D eigenvalue weighted by molar-refractivity contribution is 5.70. The van der Waals surface area contributed by atoms with Gasteiger partial charge in [-0.15, -0.1) is 0 Å². The van der Waals surface area contributed by atoms with Gasteiger partial charge in [-0.2, -0.15) is 5.26 Å². The van der Waals surface area contributed by atoms with E-state index >= 15 is 0 Å². The van der Waals surface area contributed by atoms with Gasteiger partial charge in [-0.1, -0.05) is 0 Å². The molecule has 92 valence electrons. The SMILES string of the molecule is N#Cc1cc([N+](=O)[O-])c([N+](=O)[O-])cc1NC1CC1. The number of benzene rings is 1. The fourth-order valence-electron chi connectivity index (χ4n) is 1.53. The van der Waals surface area contributed by atoms with Crippen LogP contribution in [0.2, 0.25) is 0 Å². The molecule has 1 N–H and O–H groups in total. The van der Waals surface area contributed by atoms with Crippen molar-refractivity contribution in [3.05, 3.63) is 37.9 Å². The molecule has 0 amide bonds. The van der Waals surface area contributed by atoms with Crippen molar-refractivity contribution in [2.75, 3.05) is 5.32 Å². The quantitative estimate of drug-likeness (QED) is 0.641. The second kappa shape index (κ2) is 4.29. The molecule has 0 bridgehead atoms. The molecule has 0 saturated heterocycles. The van der Waals surface area contributed by atoms with E-state index in [4.69, 9.17) is 5.26 Å². The number of hydrogen-bond acceptors (Lipinski definition) is 6. The van der Waals surface area contributed by atoms with Gasteiger partial charge in [0, 0.05) is 18.2 Å². The summed E-state index contributed by atoms with van der Waals surface area (Å²) in [5.74, 6) is 0. The second-order valence-corrected chi connectivity index (χ2v) is 3.93. The van der Waals surface area contributed by atoms with Gasteiger partial charge in [0.05, 0.1) is 21.1 Å². The Bertz CT molecular complexity index is 574. The summed E-state index contributed by atoms with van der Waals surface area (Å²) in [6, 6.07) is 3.98. The molecule has 1 aliphatic rings. The minimum Gasteiger partial charge on any atom is -0.381 e. The molecule has 0 aliphatic heterocycles. The van der Waals surface area contributed by atoms with Crippen LogP contribution < -0.4 is 5.32 Å². The van der Waals surface area contributed by atoms with E-state index in [9.17, 15) is 20.2 Å². The average molecular weight is 248 g/mol. The molecule has 0 aromatic heterocycles. The van der Waals surface area contributed by atoms with Crippen molar-refractivity contribution in [3.8, 4) is 6.07 Å². The maximum Gasteiger partial charge on any atom is 0.348 e. The molecule has 8 nitrogen and oxygen atoms in total. The van der Waals surface area contributed by atoms with E-state index in [-0.39, 0.29) is 17.3 Å². The maximum absolute atomic E-state index is 10.8. The summed E-state index contributed by atoms with van der Waals surface area (Å²) in [6.07, 6.45) is 1.85. The van der Waals surface area contributed by atoms with Crippen LogP contribution in [0, 0.1) is 31.6 Å². The molecule has 1 aromatic carbocycles. The molecule has 0 spiro atoms. The fourth-order valence-corrected chi connectivity index (χ4v) is 1.53. The Morgan fingerprint density at radius 2 is 1.78 bits per heavy atom. The summed E-state index contributed by atoms with van der Waals surface area (Å²) >= 11 is 0. The van der Waals surface area contributed by atoms with Crippen LogP contribution in [0.3, 0.4) is 0 Å². The van der Waals surface area contributed by atoms with Gasteiger partial charge < -0.3 is 5.32 Å². The lowest BCUT2D eigenvalue weighted by molar-refractivity contribution is -0.422. The number of nitrogens with one attached hydrogen (secondary N) is 1. The first kappa shape index (κ1) is 11.8. The van der Waals surface area contributed by atoms with Gasteiger partial charge in [-0.3, -0.25) is 20.2 Å². The van der Waals surface area contributed by atoms with Crippen LogP contribution >= 0.6 is 0 Å². The Balaban J connectivity index is 2.53. The smallest absolute Gasteiger partial charge is 0.348 e. The van der Waals surface area contributed by atoms with Gasteiger partial charge >= 0.3 is 11.4 Å². The van der Waals surface area contributed by atoms with Crippen LogP contribution in [0.5, 0.6) is 0 Å². The second-order valence-electron chi connectivity index (χ2n) is 3.93. The highest BCUT2D eigenvalue weighted by Gasteiger charge is 2.29. The molecule has 1 saturated carbocycles.